The molecule has 1 aromatic heterocycles. The molecule has 0 unspecified atom stereocenters. The van der Waals surface area contributed by atoms with Gasteiger partial charge in [0, 0.05) is 5.69 Å². The first kappa shape index (κ1) is 16.1. The number of anilines is 1. The summed E-state index contributed by atoms with van der Waals surface area (Å²) in [5.41, 5.74) is 0.555. The zero-order valence-corrected chi connectivity index (χ0v) is 13.3. The summed E-state index contributed by atoms with van der Waals surface area (Å²) in [6.45, 7) is 5.85. The number of carbonyl (C=O) groups is 1. The van der Waals surface area contributed by atoms with E-state index in [0.29, 0.717) is 34.8 Å². The first-order valence-corrected chi connectivity index (χ1v) is 7.17. The summed E-state index contributed by atoms with van der Waals surface area (Å²) in [6, 6.07) is 4.22. The van der Waals surface area contributed by atoms with Gasteiger partial charge in [-0.25, -0.2) is 4.79 Å². The highest BCUT2D eigenvalue weighted by Crippen LogP contribution is 2.27. The number of aryl methyl sites for hydroxylation is 1. The Kier molecular flexibility index (Phi) is 5.21. The van der Waals surface area contributed by atoms with Crippen LogP contribution < -0.4 is 15.4 Å². The number of hydrogen-bond acceptors (Lipinski definition) is 5. The second-order valence-electron chi connectivity index (χ2n) is 4.58. The Labute approximate surface area is 133 Å². The molecule has 2 amide bonds. The Morgan fingerprint density at radius 3 is 2.86 bits per heavy atom. The number of ether oxygens (including phenoxy) is 1. The van der Waals surface area contributed by atoms with Gasteiger partial charge in [0.05, 0.1) is 11.6 Å². The Balaban J connectivity index is 1.95. The number of urea groups is 1. The van der Waals surface area contributed by atoms with Crippen molar-refractivity contribution in [3.05, 3.63) is 34.9 Å². The van der Waals surface area contributed by atoms with E-state index in [4.69, 9.17) is 20.9 Å². The van der Waals surface area contributed by atoms with Crippen molar-refractivity contribution in [1.82, 2.24) is 15.5 Å². The van der Waals surface area contributed by atoms with E-state index in [2.05, 4.69) is 20.8 Å². The van der Waals surface area contributed by atoms with Crippen LogP contribution in [0.4, 0.5) is 10.5 Å². The molecule has 22 heavy (non-hydrogen) atoms. The van der Waals surface area contributed by atoms with Crippen molar-refractivity contribution in [2.75, 3.05) is 11.9 Å². The number of aromatic nitrogens is 2. The van der Waals surface area contributed by atoms with Crippen LogP contribution in [0, 0.1) is 6.92 Å². The van der Waals surface area contributed by atoms with Crippen molar-refractivity contribution in [2.24, 2.45) is 0 Å². The van der Waals surface area contributed by atoms with Gasteiger partial charge in [-0.1, -0.05) is 16.8 Å². The molecule has 7 nitrogen and oxygen atoms in total. The largest absolute Gasteiger partial charge is 0.492 e. The van der Waals surface area contributed by atoms with Gasteiger partial charge in [0.1, 0.15) is 11.8 Å². The molecule has 2 rings (SSSR count). The number of hydrogen-bond donors (Lipinski definition) is 2. The lowest BCUT2D eigenvalue weighted by Gasteiger charge is -2.12. The van der Waals surface area contributed by atoms with E-state index in [1.54, 1.807) is 32.0 Å². The van der Waals surface area contributed by atoms with Crippen LogP contribution in [-0.4, -0.2) is 22.8 Å². The van der Waals surface area contributed by atoms with E-state index in [1.807, 2.05) is 6.92 Å². The third-order valence-corrected chi connectivity index (χ3v) is 3.05. The van der Waals surface area contributed by atoms with E-state index in [9.17, 15) is 4.79 Å². The third kappa shape index (κ3) is 4.11. The van der Waals surface area contributed by atoms with E-state index in [0.717, 1.165) is 0 Å². The molecule has 0 saturated heterocycles. The average Bonchev–Trinajstić information content (AvgIpc) is 2.88. The van der Waals surface area contributed by atoms with E-state index < -0.39 is 12.1 Å². The molecule has 2 N–H and O–H groups in total. The van der Waals surface area contributed by atoms with Crippen LogP contribution in [-0.2, 0) is 0 Å². The smallest absolute Gasteiger partial charge is 0.319 e. The van der Waals surface area contributed by atoms with Crippen molar-refractivity contribution in [3.63, 3.8) is 0 Å². The molecule has 8 heteroatoms. The number of benzene rings is 1. The lowest BCUT2D eigenvalue weighted by Crippen LogP contribution is -2.31. The van der Waals surface area contributed by atoms with Crippen molar-refractivity contribution in [2.45, 2.75) is 26.8 Å². The summed E-state index contributed by atoms with van der Waals surface area (Å²) in [6.07, 6.45) is 0. The molecule has 0 aliphatic carbocycles. The lowest BCUT2D eigenvalue weighted by atomic mass is 10.3. The van der Waals surface area contributed by atoms with Crippen LogP contribution in [0.15, 0.2) is 22.7 Å². The van der Waals surface area contributed by atoms with Crippen molar-refractivity contribution >= 4 is 23.3 Å². The topological polar surface area (TPSA) is 89.3 Å². The summed E-state index contributed by atoms with van der Waals surface area (Å²) < 4.78 is 10.3. The maximum atomic E-state index is 11.9. The minimum absolute atomic E-state index is 0.345. The maximum absolute atomic E-state index is 11.9. The molecule has 0 bridgehead atoms. The lowest BCUT2D eigenvalue weighted by molar-refractivity contribution is 0.245. The fourth-order valence-electron chi connectivity index (χ4n) is 1.77. The molecule has 0 saturated carbocycles. The molecule has 0 spiro atoms. The molecule has 0 aliphatic rings. The van der Waals surface area contributed by atoms with Crippen LogP contribution >= 0.6 is 11.6 Å². The average molecular weight is 325 g/mol. The Bertz CT molecular complexity index is 659. The number of carbonyl (C=O) groups excluding carboxylic acids is 1. The summed E-state index contributed by atoms with van der Waals surface area (Å²) in [4.78, 5) is 16.0. The monoisotopic (exact) mass is 324 g/mol. The number of amides is 2. The first-order chi connectivity index (χ1) is 10.5. The van der Waals surface area contributed by atoms with Crippen LogP contribution in [0.25, 0.3) is 0 Å². The zero-order valence-electron chi connectivity index (χ0n) is 12.5. The van der Waals surface area contributed by atoms with E-state index >= 15 is 0 Å². The van der Waals surface area contributed by atoms with Gasteiger partial charge in [-0.3, -0.25) is 0 Å². The van der Waals surface area contributed by atoms with Crippen molar-refractivity contribution in [3.8, 4) is 5.75 Å². The van der Waals surface area contributed by atoms with Crippen LogP contribution in [0.1, 0.15) is 31.6 Å². The molecular formula is C14H17ClN4O3. The normalized spacial score (nSPS) is 11.8. The molecule has 0 fully saturated rings. The maximum Gasteiger partial charge on any atom is 0.319 e. The van der Waals surface area contributed by atoms with Gasteiger partial charge in [-0.15, -0.1) is 0 Å². The second-order valence-corrected chi connectivity index (χ2v) is 4.99. The standard InChI is InChI=1S/C14H17ClN4O3/c1-4-21-12-6-5-10(7-11(12)15)18-14(20)16-8(2)13-17-9(3)19-22-13/h5-8H,4H2,1-3H3,(H2,16,18,20)/t8-/m1/s1. The molecule has 0 radical (unpaired) electrons. The minimum atomic E-state index is -0.403. The fourth-order valence-corrected chi connectivity index (χ4v) is 2.00. The summed E-state index contributed by atoms with van der Waals surface area (Å²) in [7, 11) is 0. The minimum Gasteiger partial charge on any atom is -0.492 e. The van der Waals surface area contributed by atoms with Crippen LogP contribution in [0.2, 0.25) is 5.02 Å². The SMILES string of the molecule is CCOc1ccc(NC(=O)N[C@H](C)c2nc(C)no2)cc1Cl. The Morgan fingerprint density at radius 2 is 2.27 bits per heavy atom. The number of nitrogens with one attached hydrogen (secondary N) is 2. The number of nitrogens with zero attached hydrogens (tertiary/aromatic N) is 2. The fraction of sp³-hybridized carbons (Fsp3) is 0.357. The van der Waals surface area contributed by atoms with Crippen LogP contribution in [0.3, 0.4) is 0 Å². The predicted octanol–water partition coefficient (Wildman–Crippen LogP) is 3.31. The van der Waals surface area contributed by atoms with E-state index in [1.165, 1.54) is 0 Å². The van der Waals surface area contributed by atoms with Gasteiger partial charge >= 0.3 is 6.03 Å². The predicted molar refractivity (Wildman–Crippen MR) is 82.2 cm³/mol. The van der Waals surface area contributed by atoms with Gasteiger partial charge in [0.15, 0.2) is 5.82 Å². The molecule has 2 aromatic rings. The molecule has 0 aliphatic heterocycles. The highest BCUT2D eigenvalue weighted by atomic mass is 35.5. The Hall–Kier alpha value is -2.28. The van der Waals surface area contributed by atoms with Gasteiger partial charge in [0.2, 0.25) is 5.89 Å². The number of halogens is 1. The summed E-state index contributed by atoms with van der Waals surface area (Å²) in [5, 5.41) is 9.49. The summed E-state index contributed by atoms with van der Waals surface area (Å²) >= 11 is 6.07. The Morgan fingerprint density at radius 1 is 1.50 bits per heavy atom. The quantitative estimate of drug-likeness (QED) is 0.880. The zero-order chi connectivity index (χ0) is 16.1. The van der Waals surface area contributed by atoms with Gasteiger partial charge in [-0.05, 0) is 39.0 Å². The van der Waals surface area contributed by atoms with Gasteiger partial charge in [-0.2, -0.15) is 4.98 Å². The highest BCUT2D eigenvalue weighted by molar-refractivity contribution is 6.32. The van der Waals surface area contributed by atoms with E-state index in [-0.39, 0.29) is 0 Å². The molecule has 1 atom stereocenters. The molecule has 1 aromatic carbocycles. The molecule has 1 heterocycles. The van der Waals surface area contributed by atoms with Crippen molar-refractivity contribution in [1.29, 1.82) is 0 Å². The second kappa shape index (κ2) is 7.13. The van der Waals surface area contributed by atoms with Crippen LogP contribution in [0.5, 0.6) is 5.75 Å². The highest BCUT2D eigenvalue weighted by Gasteiger charge is 2.15. The molecular weight excluding hydrogens is 308 g/mol. The van der Waals surface area contributed by atoms with Gasteiger partial charge < -0.3 is 19.9 Å². The summed E-state index contributed by atoms with van der Waals surface area (Å²) in [5.74, 6) is 1.43. The molecule has 118 valence electrons. The van der Waals surface area contributed by atoms with Gasteiger partial charge in [0.25, 0.3) is 0 Å². The van der Waals surface area contributed by atoms with Crippen molar-refractivity contribution < 1.29 is 14.1 Å². The third-order valence-electron chi connectivity index (χ3n) is 2.75. The number of rotatable bonds is 5. The first-order valence-electron chi connectivity index (χ1n) is 6.79.